The molecule has 0 bridgehead atoms. The average molecular weight is 287 g/mol. The fraction of sp³-hybridized carbons (Fsp3) is 0.929. The number of carbonyl (C=O) groups is 1. The summed E-state index contributed by atoms with van der Waals surface area (Å²) in [5.41, 5.74) is 0. The number of ether oxygens (including phenoxy) is 3. The minimum absolute atomic E-state index is 0.0184. The Morgan fingerprint density at radius 3 is 2.90 bits per heavy atom. The van der Waals surface area contributed by atoms with Crippen LogP contribution in [0.4, 0.5) is 0 Å². The summed E-state index contributed by atoms with van der Waals surface area (Å²) in [6, 6.07) is -0.342. The Bertz CT molecular complexity index is 319. The largest absolute Gasteiger partial charge is 0.388 e. The molecule has 2 saturated heterocycles. The smallest absolute Gasteiger partial charge is 0.222 e. The van der Waals surface area contributed by atoms with E-state index in [-0.39, 0.29) is 24.2 Å². The van der Waals surface area contributed by atoms with E-state index in [2.05, 4.69) is 0 Å². The first-order valence-electron chi connectivity index (χ1n) is 7.29. The van der Waals surface area contributed by atoms with Crippen LogP contribution in [0.15, 0.2) is 0 Å². The van der Waals surface area contributed by atoms with Crippen LogP contribution in [0.1, 0.15) is 25.7 Å². The van der Waals surface area contributed by atoms with Crippen molar-refractivity contribution in [2.24, 2.45) is 0 Å². The number of amides is 1. The molecular formula is C14H25NO5. The molecule has 4 atom stereocenters. The first-order chi connectivity index (χ1) is 9.63. The maximum Gasteiger partial charge on any atom is 0.222 e. The summed E-state index contributed by atoms with van der Waals surface area (Å²) in [5.74, 6) is 0.0184. The SMILES string of the molecule is CO[C@@H]1COC[C@@H](N(C)C(=O)CC[C@H]2CCCO2)[C@@H]1O. The summed E-state index contributed by atoms with van der Waals surface area (Å²) >= 11 is 0. The van der Waals surface area contributed by atoms with Crippen molar-refractivity contribution in [3.63, 3.8) is 0 Å². The molecule has 6 nitrogen and oxygen atoms in total. The van der Waals surface area contributed by atoms with Crippen LogP contribution in [0.25, 0.3) is 0 Å². The van der Waals surface area contributed by atoms with Gasteiger partial charge in [0.2, 0.25) is 5.91 Å². The zero-order valence-corrected chi connectivity index (χ0v) is 12.3. The van der Waals surface area contributed by atoms with Crippen molar-refractivity contribution in [1.29, 1.82) is 0 Å². The Morgan fingerprint density at radius 1 is 1.45 bits per heavy atom. The lowest BCUT2D eigenvalue weighted by atomic mass is 10.0. The van der Waals surface area contributed by atoms with Crippen LogP contribution in [-0.2, 0) is 19.0 Å². The Hall–Kier alpha value is -0.690. The third kappa shape index (κ3) is 3.69. The number of hydrogen-bond donors (Lipinski definition) is 1. The Labute approximate surface area is 120 Å². The van der Waals surface area contributed by atoms with E-state index < -0.39 is 6.10 Å². The van der Waals surface area contributed by atoms with Gasteiger partial charge in [0.15, 0.2) is 0 Å². The van der Waals surface area contributed by atoms with E-state index in [1.54, 1.807) is 19.1 Å². The molecule has 6 heteroatoms. The van der Waals surface area contributed by atoms with Gasteiger partial charge in [-0.05, 0) is 19.3 Å². The Balaban J connectivity index is 1.82. The van der Waals surface area contributed by atoms with Gasteiger partial charge in [0, 0.05) is 27.2 Å². The average Bonchev–Trinajstić information content (AvgIpc) is 2.97. The molecular weight excluding hydrogens is 262 g/mol. The molecule has 0 unspecified atom stereocenters. The van der Waals surface area contributed by atoms with Crippen LogP contribution >= 0.6 is 0 Å². The van der Waals surface area contributed by atoms with Crippen LogP contribution in [0, 0.1) is 0 Å². The summed E-state index contributed by atoms with van der Waals surface area (Å²) in [4.78, 5) is 13.8. The zero-order chi connectivity index (χ0) is 14.5. The van der Waals surface area contributed by atoms with E-state index in [1.165, 1.54) is 0 Å². The molecule has 0 aromatic heterocycles. The van der Waals surface area contributed by atoms with E-state index in [9.17, 15) is 9.90 Å². The van der Waals surface area contributed by atoms with Crippen molar-refractivity contribution < 1.29 is 24.1 Å². The maximum atomic E-state index is 12.2. The zero-order valence-electron chi connectivity index (χ0n) is 12.3. The molecule has 2 rings (SSSR count). The van der Waals surface area contributed by atoms with Crippen LogP contribution in [0.5, 0.6) is 0 Å². The van der Waals surface area contributed by atoms with Gasteiger partial charge < -0.3 is 24.2 Å². The van der Waals surface area contributed by atoms with Crippen LogP contribution in [-0.4, -0.2) is 74.2 Å². The Morgan fingerprint density at radius 2 is 2.25 bits per heavy atom. The fourth-order valence-electron chi connectivity index (χ4n) is 2.82. The highest BCUT2D eigenvalue weighted by molar-refractivity contribution is 5.76. The second kappa shape index (κ2) is 7.36. The molecule has 2 fully saturated rings. The summed E-state index contributed by atoms with van der Waals surface area (Å²) in [7, 11) is 3.26. The van der Waals surface area contributed by atoms with Gasteiger partial charge in [0.1, 0.15) is 12.2 Å². The molecule has 0 aromatic rings. The second-order valence-electron chi connectivity index (χ2n) is 5.55. The minimum atomic E-state index is -0.703. The molecule has 2 aliphatic rings. The summed E-state index contributed by atoms with van der Waals surface area (Å²) in [6.07, 6.45) is 2.46. The lowest BCUT2D eigenvalue weighted by Crippen LogP contribution is -2.56. The lowest BCUT2D eigenvalue weighted by Gasteiger charge is -2.39. The predicted molar refractivity (Wildman–Crippen MR) is 72.4 cm³/mol. The number of aliphatic hydroxyl groups is 1. The number of rotatable bonds is 5. The van der Waals surface area contributed by atoms with Gasteiger partial charge in [-0.25, -0.2) is 0 Å². The highest BCUT2D eigenvalue weighted by Gasteiger charge is 2.36. The number of methoxy groups -OCH3 is 1. The summed E-state index contributed by atoms with van der Waals surface area (Å²) in [5, 5.41) is 10.2. The van der Waals surface area contributed by atoms with Crippen molar-refractivity contribution in [3.8, 4) is 0 Å². The number of likely N-dealkylation sites (N-methyl/N-ethyl adjacent to an activating group) is 1. The summed E-state index contributed by atoms with van der Waals surface area (Å²) < 4.78 is 16.1. The van der Waals surface area contributed by atoms with E-state index in [0.717, 1.165) is 25.9 Å². The van der Waals surface area contributed by atoms with Gasteiger partial charge in [-0.15, -0.1) is 0 Å². The molecule has 0 saturated carbocycles. The normalized spacial score (nSPS) is 34.1. The number of hydrogen-bond acceptors (Lipinski definition) is 5. The van der Waals surface area contributed by atoms with Gasteiger partial charge in [-0.2, -0.15) is 0 Å². The Kier molecular flexibility index (Phi) is 5.77. The van der Waals surface area contributed by atoms with Crippen molar-refractivity contribution in [1.82, 2.24) is 4.90 Å². The highest BCUT2D eigenvalue weighted by atomic mass is 16.5. The predicted octanol–water partition coefficient (Wildman–Crippen LogP) is 0.179. The first-order valence-corrected chi connectivity index (χ1v) is 7.29. The van der Waals surface area contributed by atoms with Gasteiger partial charge >= 0.3 is 0 Å². The topological polar surface area (TPSA) is 68.2 Å². The quantitative estimate of drug-likeness (QED) is 0.781. The van der Waals surface area contributed by atoms with Crippen molar-refractivity contribution in [2.75, 3.05) is 34.0 Å². The van der Waals surface area contributed by atoms with E-state index >= 15 is 0 Å². The van der Waals surface area contributed by atoms with Gasteiger partial charge in [-0.3, -0.25) is 4.79 Å². The molecule has 1 N–H and O–H groups in total. The number of carbonyl (C=O) groups excluding carboxylic acids is 1. The van der Waals surface area contributed by atoms with Crippen LogP contribution < -0.4 is 0 Å². The third-order valence-electron chi connectivity index (χ3n) is 4.24. The fourth-order valence-corrected chi connectivity index (χ4v) is 2.82. The van der Waals surface area contributed by atoms with Gasteiger partial charge in [0.05, 0.1) is 25.4 Å². The van der Waals surface area contributed by atoms with Gasteiger partial charge in [0.25, 0.3) is 0 Å². The lowest BCUT2D eigenvalue weighted by molar-refractivity contribution is -0.158. The molecule has 2 heterocycles. The molecule has 0 radical (unpaired) electrons. The second-order valence-corrected chi connectivity index (χ2v) is 5.55. The number of aliphatic hydroxyl groups excluding tert-OH is 1. The summed E-state index contributed by atoms with van der Waals surface area (Å²) in [6.45, 7) is 1.52. The molecule has 2 aliphatic heterocycles. The van der Waals surface area contributed by atoms with E-state index in [1.807, 2.05) is 0 Å². The molecule has 20 heavy (non-hydrogen) atoms. The molecule has 0 aliphatic carbocycles. The van der Waals surface area contributed by atoms with Crippen molar-refractivity contribution in [3.05, 3.63) is 0 Å². The molecule has 0 aromatic carbocycles. The minimum Gasteiger partial charge on any atom is -0.388 e. The third-order valence-corrected chi connectivity index (χ3v) is 4.24. The molecule has 116 valence electrons. The van der Waals surface area contributed by atoms with E-state index in [0.29, 0.717) is 19.6 Å². The molecule has 0 spiro atoms. The monoisotopic (exact) mass is 287 g/mol. The number of nitrogens with zero attached hydrogens (tertiary/aromatic N) is 1. The highest BCUT2D eigenvalue weighted by Crippen LogP contribution is 2.20. The molecule has 1 amide bonds. The van der Waals surface area contributed by atoms with Gasteiger partial charge in [-0.1, -0.05) is 0 Å². The standard InChI is InChI=1S/C14H25NO5/c1-15(11-8-19-9-12(18-2)14(11)17)13(16)6-5-10-4-3-7-20-10/h10-12,14,17H,3-9H2,1-2H3/t10-,11-,12-,14+/m1/s1. The van der Waals surface area contributed by atoms with Crippen molar-refractivity contribution in [2.45, 2.75) is 50.0 Å². The van der Waals surface area contributed by atoms with Crippen molar-refractivity contribution >= 4 is 5.91 Å². The first kappa shape index (κ1) is 15.7. The maximum absolute atomic E-state index is 12.2. The van der Waals surface area contributed by atoms with Crippen LogP contribution in [0.2, 0.25) is 0 Å². The van der Waals surface area contributed by atoms with E-state index in [4.69, 9.17) is 14.2 Å². The van der Waals surface area contributed by atoms with Crippen LogP contribution in [0.3, 0.4) is 0 Å².